The van der Waals surface area contributed by atoms with Crippen molar-refractivity contribution in [2.45, 2.75) is 12.5 Å². The Morgan fingerprint density at radius 3 is 2.93 bits per heavy atom. The van der Waals surface area contributed by atoms with E-state index in [1.165, 1.54) is 10.9 Å². The number of aromatic nitrogens is 1. The lowest BCUT2D eigenvalue weighted by Crippen LogP contribution is -2.13. The van der Waals surface area contributed by atoms with Crippen molar-refractivity contribution >= 4 is 10.9 Å². The van der Waals surface area contributed by atoms with Gasteiger partial charge in [-0.2, -0.15) is 0 Å². The van der Waals surface area contributed by atoms with Gasteiger partial charge in [-0.1, -0.05) is 18.2 Å². The zero-order valence-electron chi connectivity index (χ0n) is 8.85. The van der Waals surface area contributed by atoms with Gasteiger partial charge in [-0.3, -0.25) is 0 Å². The van der Waals surface area contributed by atoms with Crippen LogP contribution in [0.4, 0.5) is 0 Å². The molecule has 3 nitrogen and oxygen atoms in total. The molecule has 1 aromatic carbocycles. The molecule has 0 radical (unpaired) electrons. The van der Waals surface area contributed by atoms with Gasteiger partial charge < -0.3 is 15.4 Å². The molecule has 0 aliphatic heterocycles. The van der Waals surface area contributed by atoms with E-state index >= 15 is 0 Å². The minimum absolute atomic E-state index is 0.0905. The van der Waals surface area contributed by atoms with Gasteiger partial charge >= 0.3 is 0 Å². The monoisotopic (exact) mass is 204 g/mol. The highest BCUT2D eigenvalue weighted by atomic mass is 16.3. The normalized spacial score (nSPS) is 13.3. The molecule has 1 heterocycles. The van der Waals surface area contributed by atoms with Crippen LogP contribution in [0.1, 0.15) is 18.0 Å². The summed E-state index contributed by atoms with van der Waals surface area (Å²) < 4.78 is 2.07. The highest BCUT2D eigenvalue weighted by Crippen LogP contribution is 2.24. The molecule has 0 saturated carbocycles. The van der Waals surface area contributed by atoms with Crippen molar-refractivity contribution < 1.29 is 5.11 Å². The van der Waals surface area contributed by atoms with Crippen molar-refractivity contribution in [3.8, 4) is 0 Å². The van der Waals surface area contributed by atoms with E-state index in [9.17, 15) is 0 Å². The summed E-state index contributed by atoms with van der Waals surface area (Å²) in [5.74, 6) is 0. The average molecular weight is 204 g/mol. The molecule has 0 aliphatic carbocycles. The molecule has 0 spiro atoms. The molecular formula is C12H16N2O. The first-order valence-electron chi connectivity index (χ1n) is 5.14. The molecule has 0 amide bonds. The predicted octanol–water partition coefficient (Wildman–Crippen LogP) is 1.56. The van der Waals surface area contributed by atoms with Gasteiger partial charge in [0.1, 0.15) is 0 Å². The van der Waals surface area contributed by atoms with Gasteiger partial charge in [0.25, 0.3) is 0 Å². The van der Waals surface area contributed by atoms with Crippen LogP contribution in [0, 0.1) is 0 Å². The van der Waals surface area contributed by atoms with Crippen LogP contribution in [-0.4, -0.2) is 16.3 Å². The molecule has 1 atom stereocenters. The first-order valence-corrected chi connectivity index (χ1v) is 5.14. The topological polar surface area (TPSA) is 51.2 Å². The third-order valence-corrected chi connectivity index (χ3v) is 2.77. The van der Waals surface area contributed by atoms with E-state index in [-0.39, 0.29) is 12.6 Å². The Kier molecular flexibility index (Phi) is 2.75. The van der Waals surface area contributed by atoms with Crippen LogP contribution in [0.3, 0.4) is 0 Å². The SMILES string of the molecule is Cn1ccc2cccc(C(N)CCO)c21. The molecule has 1 aromatic heterocycles. The zero-order chi connectivity index (χ0) is 10.8. The first-order chi connectivity index (χ1) is 7.24. The number of para-hydroxylation sites is 1. The highest BCUT2D eigenvalue weighted by Gasteiger charge is 2.11. The van der Waals surface area contributed by atoms with Crippen molar-refractivity contribution in [1.82, 2.24) is 4.57 Å². The van der Waals surface area contributed by atoms with Gasteiger partial charge in [0, 0.05) is 25.9 Å². The molecule has 3 N–H and O–H groups in total. The van der Waals surface area contributed by atoms with Gasteiger partial charge in [0.2, 0.25) is 0 Å². The van der Waals surface area contributed by atoms with Crippen LogP contribution >= 0.6 is 0 Å². The maximum atomic E-state index is 8.90. The maximum Gasteiger partial charge on any atom is 0.0526 e. The maximum absolute atomic E-state index is 8.90. The van der Waals surface area contributed by atoms with Gasteiger partial charge in [-0.05, 0) is 23.4 Å². The molecule has 0 aliphatic rings. The second-order valence-electron chi connectivity index (χ2n) is 3.83. The van der Waals surface area contributed by atoms with E-state index in [0.717, 1.165) is 5.56 Å². The number of aryl methyl sites for hydroxylation is 1. The number of benzene rings is 1. The van der Waals surface area contributed by atoms with Gasteiger partial charge in [0.05, 0.1) is 5.52 Å². The average Bonchev–Trinajstić information content (AvgIpc) is 2.61. The van der Waals surface area contributed by atoms with Crippen LogP contribution in [0.25, 0.3) is 10.9 Å². The number of hydrogen-bond donors (Lipinski definition) is 2. The van der Waals surface area contributed by atoms with E-state index in [0.29, 0.717) is 6.42 Å². The highest BCUT2D eigenvalue weighted by molar-refractivity contribution is 5.83. The van der Waals surface area contributed by atoms with Crippen molar-refractivity contribution in [2.24, 2.45) is 12.8 Å². The smallest absolute Gasteiger partial charge is 0.0526 e. The van der Waals surface area contributed by atoms with Gasteiger partial charge in [0.15, 0.2) is 0 Å². The summed E-state index contributed by atoms with van der Waals surface area (Å²) >= 11 is 0. The number of aliphatic hydroxyl groups is 1. The van der Waals surface area contributed by atoms with E-state index < -0.39 is 0 Å². The molecule has 3 heteroatoms. The van der Waals surface area contributed by atoms with Crippen LogP contribution in [-0.2, 0) is 7.05 Å². The Labute approximate surface area is 89.1 Å². The fourth-order valence-corrected chi connectivity index (χ4v) is 1.98. The summed E-state index contributed by atoms with van der Waals surface area (Å²) in [6, 6.07) is 8.10. The molecule has 0 fully saturated rings. The molecule has 1 unspecified atom stereocenters. The molecule has 0 bridgehead atoms. The number of fused-ring (bicyclic) bond motifs is 1. The number of aliphatic hydroxyl groups excluding tert-OH is 1. The quantitative estimate of drug-likeness (QED) is 0.797. The fraction of sp³-hybridized carbons (Fsp3) is 0.333. The molecule has 80 valence electrons. The second kappa shape index (κ2) is 4.04. The summed E-state index contributed by atoms with van der Waals surface area (Å²) in [6.07, 6.45) is 2.63. The molecule has 0 saturated heterocycles. The molecule has 15 heavy (non-hydrogen) atoms. The predicted molar refractivity (Wildman–Crippen MR) is 61.6 cm³/mol. The number of rotatable bonds is 3. The van der Waals surface area contributed by atoms with E-state index in [2.05, 4.69) is 16.7 Å². The Morgan fingerprint density at radius 1 is 1.40 bits per heavy atom. The summed E-state index contributed by atoms with van der Waals surface area (Å²) in [5, 5.41) is 10.1. The van der Waals surface area contributed by atoms with E-state index in [1.54, 1.807) is 0 Å². The number of hydrogen-bond acceptors (Lipinski definition) is 2. The number of nitrogens with zero attached hydrogens (tertiary/aromatic N) is 1. The van der Waals surface area contributed by atoms with Crippen LogP contribution in [0.2, 0.25) is 0 Å². The fourth-order valence-electron chi connectivity index (χ4n) is 1.98. The lowest BCUT2D eigenvalue weighted by atomic mass is 10.0. The first kappa shape index (κ1) is 10.2. The third kappa shape index (κ3) is 1.76. The minimum Gasteiger partial charge on any atom is -0.396 e. The van der Waals surface area contributed by atoms with Crippen molar-refractivity contribution in [3.05, 3.63) is 36.0 Å². The Morgan fingerprint density at radius 2 is 2.20 bits per heavy atom. The van der Waals surface area contributed by atoms with Crippen LogP contribution in [0.15, 0.2) is 30.5 Å². The largest absolute Gasteiger partial charge is 0.396 e. The Bertz CT molecular complexity index is 462. The van der Waals surface area contributed by atoms with Gasteiger partial charge in [-0.25, -0.2) is 0 Å². The van der Waals surface area contributed by atoms with Crippen molar-refractivity contribution in [1.29, 1.82) is 0 Å². The zero-order valence-corrected chi connectivity index (χ0v) is 8.85. The van der Waals surface area contributed by atoms with E-state index in [1.807, 2.05) is 25.4 Å². The summed E-state index contributed by atoms with van der Waals surface area (Å²) in [4.78, 5) is 0. The lowest BCUT2D eigenvalue weighted by molar-refractivity contribution is 0.277. The van der Waals surface area contributed by atoms with Gasteiger partial charge in [-0.15, -0.1) is 0 Å². The van der Waals surface area contributed by atoms with Crippen molar-refractivity contribution in [3.63, 3.8) is 0 Å². The summed E-state index contributed by atoms with van der Waals surface area (Å²) in [7, 11) is 2.01. The second-order valence-corrected chi connectivity index (χ2v) is 3.83. The van der Waals surface area contributed by atoms with Crippen LogP contribution < -0.4 is 5.73 Å². The molecule has 2 rings (SSSR count). The van der Waals surface area contributed by atoms with Crippen LogP contribution in [0.5, 0.6) is 0 Å². The lowest BCUT2D eigenvalue weighted by Gasteiger charge is -2.13. The Hall–Kier alpha value is -1.32. The molecule has 2 aromatic rings. The molecular weight excluding hydrogens is 188 g/mol. The number of nitrogens with two attached hydrogens (primary N) is 1. The minimum atomic E-state index is -0.0905. The Balaban J connectivity index is 2.54. The summed E-state index contributed by atoms with van der Waals surface area (Å²) in [6.45, 7) is 0.127. The van der Waals surface area contributed by atoms with E-state index in [4.69, 9.17) is 10.8 Å². The summed E-state index contributed by atoms with van der Waals surface area (Å²) in [5.41, 5.74) is 8.30. The standard InChI is InChI=1S/C12H16N2O/c1-14-7-5-9-3-2-4-10(12(9)14)11(13)6-8-15/h2-5,7,11,15H,6,8,13H2,1H3. The third-order valence-electron chi connectivity index (χ3n) is 2.77. The van der Waals surface area contributed by atoms with Crippen molar-refractivity contribution in [2.75, 3.05) is 6.61 Å².